The van der Waals surface area contributed by atoms with E-state index in [1.165, 1.54) is 60.8 Å². The first-order valence-electron chi connectivity index (χ1n) is 12.6. The molecule has 0 fully saturated rings. The van der Waals surface area contributed by atoms with Gasteiger partial charge in [0.05, 0.1) is 5.69 Å². The van der Waals surface area contributed by atoms with Crippen LogP contribution in [0.15, 0.2) is 91.1 Å². The van der Waals surface area contributed by atoms with Crippen molar-refractivity contribution in [2.24, 2.45) is 0 Å². The first-order chi connectivity index (χ1) is 16.9. The summed E-state index contributed by atoms with van der Waals surface area (Å²) in [6, 6.07) is 31.5. The number of nitrogens with zero attached hydrogens (tertiary/aromatic N) is 1. The predicted molar refractivity (Wildman–Crippen MR) is 146 cm³/mol. The predicted octanol–water partition coefficient (Wildman–Crippen LogP) is 8.44. The standard InChI is InChI=1S/C34H29N/c1-33(2)27-14-7-8-15-28(27)34(3,4)30-19-22(16-17-29(30)33)32-26-13-9-12-25-24-11-6-5-10-21(24)18-23(20-35-32)31(25)26/h5-17,19-20H,18H2,1-4H3. The van der Waals surface area contributed by atoms with Gasteiger partial charge in [-0.05, 0) is 56.0 Å². The number of aromatic nitrogens is 1. The zero-order chi connectivity index (χ0) is 23.9. The molecule has 0 saturated carbocycles. The third kappa shape index (κ3) is 2.73. The van der Waals surface area contributed by atoms with Crippen LogP contribution < -0.4 is 0 Å². The first kappa shape index (κ1) is 20.6. The van der Waals surface area contributed by atoms with Crippen LogP contribution in [0.3, 0.4) is 0 Å². The fourth-order valence-corrected chi connectivity index (χ4v) is 6.72. The Morgan fingerprint density at radius 2 is 1.26 bits per heavy atom. The normalized spacial score (nSPS) is 16.3. The monoisotopic (exact) mass is 451 g/mol. The number of pyridine rings is 1. The van der Waals surface area contributed by atoms with Crippen molar-refractivity contribution in [1.82, 2.24) is 4.98 Å². The molecule has 0 unspecified atom stereocenters. The fraction of sp³-hybridized carbons (Fsp3) is 0.206. The van der Waals surface area contributed by atoms with Gasteiger partial charge in [-0.15, -0.1) is 0 Å². The maximum absolute atomic E-state index is 5.07. The molecule has 1 aromatic heterocycles. The lowest BCUT2D eigenvalue weighted by Crippen LogP contribution is -2.36. The zero-order valence-corrected chi connectivity index (χ0v) is 20.8. The van der Waals surface area contributed by atoms with E-state index in [1.807, 2.05) is 0 Å². The minimum absolute atomic E-state index is 0.0307. The molecule has 1 heteroatoms. The summed E-state index contributed by atoms with van der Waals surface area (Å²) in [5.74, 6) is 0. The smallest absolute Gasteiger partial charge is 0.0780 e. The van der Waals surface area contributed by atoms with Gasteiger partial charge in [0.2, 0.25) is 0 Å². The number of hydrogen-bond donors (Lipinski definition) is 0. The summed E-state index contributed by atoms with van der Waals surface area (Å²) in [7, 11) is 0. The highest BCUT2D eigenvalue weighted by Gasteiger charge is 2.41. The summed E-state index contributed by atoms with van der Waals surface area (Å²) >= 11 is 0. The van der Waals surface area contributed by atoms with Crippen molar-refractivity contribution < 1.29 is 0 Å². The van der Waals surface area contributed by atoms with Gasteiger partial charge >= 0.3 is 0 Å². The Kier molecular flexibility index (Phi) is 4.08. The molecule has 2 aliphatic carbocycles. The second-order valence-electron chi connectivity index (χ2n) is 11.3. The number of fused-ring (bicyclic) bond motifs is 4. The molecule has 0 bridgehead atoms. The van der Waals surface area contributed by atoms with Crippen LogP contribution in [0.4, 0.5) is 0 Å². The molecule has 0 amide bonds. The van der Waals surface area contributed by atoms with E-state index in [2.05, 4.69) is 119 Å². The molecule has 1 heterocycles. The van der Waals surface area contributed by atoms with Crippen LogP contribution in [-0.4, -0.2) is 4.98 Å². The maximum Gasteiger partial charge on any atom is 0.0780 e. The quantitative estimate of drug-likeness (QED) is 0.244. The largest absolute Gasteiger partial charge is 0.255 e. The Bertz CT molecular complexity index is 1670. The van der Waals surface area contributed by atoms with Gasteiger partial charge < -0.3 is 0 Å². The molecule has 0 saturated heterocycles. The van der Waals surface area contributed by atoms with E-state index >= 15 is 0 Å². The Hall–Kier alpha value is -3.71. The fourth-order valence-electron chi connectivity index (χ4n) is 6.72. The summed E-state index contributed by atoms with van der Waals surface area (Å²) in [5, 5.41) is 2.61. The maximum atomic E-state index is 5.07. The van der Waals surface area contributed by atoms with E-state index in [9.17, 15) is 0 Å². The lowest BCUT2D eigenvalue weighted by molar-refractivity contribution is 0.521. The summed E-state index contributed by atoms with van der Waals surface area (Å²) in [4.78, 5) is 5.07. The molecule has 35 heavy (non-hydrogen) atoms. The molecule has 1 nitrogen and oxygen atoms in total. The molecule has 0 atom stereocenters. The van der Waals surface area contributed by atoms with E-state index in [-0.39, 0.29) is 10.8 Å². The van der Waals surface area contributed by atoms with Crippen LogP contribution in [0.2, 0.25) is 0 Å². The van der Waals surface area contributed by atoms with Gasteiger partial charge in [0.25, 0.3) is 0 Å². The lowest BCUT2D eigenvalue weighted by Gasteiger charge is -2.44. The Morgan fingerprint density at radius 1 is 0.600 bits per heavy atom. The molecular formula is C34H29N. The number of hydrogen-bond acceptors (Lipinski definition) is 1. The van der Waals surface area contributed by atoms with Crippen molar-refractivity contribution in [3.8, 4) is 22.4 Å². The van der Waals surface area contributed by atoms with Crippen LogP contribution in [0.25, 0.3) is 33.2 Å². The summed E-state index contributed by atoms with van der Waals surface area (Å²) in [6.45, 7) is 9.45. The van der Waals surface area contributed by atoms with E-state index in [0.717, 1.165) is 12.1 Å². The molecule has 0 N–H and O–H groups in total. The molecule has 2 aliphatic rings. The Morgan fingerprint density at radius 3 is 2.06 bits per heavy atom. The van der Waals surface area contributed by atoms with E-state index in [1.54, 1.807) is 0 Å². The van der Waals surface area contributed by atoms with Crippen LogP contribution >= 0.6 is 0 Å². The van der Waals surface area contributed by atoms with E-state index in [4.69, 9.17) is 4.98 Å². The van der Waals surface area contributed by atoms with Crippen molar-refractivity contribution in [3.05, 3.63) is 125 Å². The zero-order valence-electron chi connectivity index (χ0n) is 20.8. The minimum atomic E-state index is -0.0667. The van der Waals surface area contributed by atoms with Crippen molar-refractivity contribution >= 4 is 10.8 Å². The van der Waals surface area contributed by atoms with Crippen molar-refractivity contribution in [3.63, 3.8) is 0 Å². The molecule has 0 spiro atoms. The first-order valence-corrected chi connectivity index (χ1v) is 12.6. The average molecular weight is 452 g/mol. The summed E-state index contributed by atoms with van der Waals surface area (Å²) in [5.41, 5.74) is 13.3. The van der Waals surface area contributed by atoms with Crippen molar-refractivity contribution in [2.75, 3.05) is 0 Å². The van der Waals surface area contributed by atoms with E-state index in [0.29, 0.717) is 0 Å². The van der Waals surface area contributed by atoms with Crippen molar-refractivity contribution in [1.29, 1.82) is 0 Å². The molecule has 0 radical (unpaired) electrons. The van der Waals surface area contributed by atoms with Gasteiger partial charge in [0, 0.05) is 34.4 Å². The van der Waals surface area contributed by atoms with E-state index < -0.39 is 0 Å². The second kappa shape index (κ2) is 6.92. The Labute approximate surface area is 207 Å². The van der Waals surface area contributed by atoms with Crippen LogP contribution in [0, 0.1) is 0 Å². The van der Waals surface area contributed by atoms with Crippen molar-refractivity contribution in [2.45, 2.75) is 44.9 Å². The molecule has 0 aliphatic heterocycles. The van der Waals surface area contributed by atoms with Gasteiger partial charge in [0.15, 0.2) is 0 Å². The van der Waals surface area contributed by atoms with Gasteiger partial charge in [-0.2, -0.15) is 0 Å². The second-order valence-corrected chi connectivity index (χ2v) is 11.3. The van der Waals surface area contributed by atoms with Crippen LogP contribution in [0.1, 0.15) is 61.1 Å². The van der Waals surface area contributed by atoms with Gasteiger partial charge in [-0.1, -0.05) is 107 Å². The molecule has 5 aromatic rings. The third-order valence-corrected chi connectivity index (χ3v) is 8.59. The highest BCUT2D eigenvalue weighted by Crippen LogP contribution is 2.50. The molecular weight excluding hydrogens is 422 g/mol. The third-order valence-electron chi connectivity index (χ3n) is 8.59. The molecule has 170 valence electrons. The Balaban J connectivity index is 1.47. The number of rotatable bonds is 1. The SMILES string of the molecule is CC1(C)c2ccccc2C(C)(C)c2cc(-c3ncc4c5c(cccc35)-c3ccccc3C4)ccc21. The highest BCUT2D eigenvalue weighted by atomic mass is 14.7. The lowest BCUT2D eigenvalue weighted by atomic mass is 9.60. The summed E-state index contributed by atoms with van der Waals surface area (Å²) in [6.07, 6.45) is 3.06. The van der Waals surface area contributed by atoms with Gasteiger partial charge in [0.1, 0.15) is 0 Å². The summed E-state index contributed by atoms with van der Waals surface area (Å²) < 4.78 is 0. The molecule has 4 aromatic carbocycles. The van der Waals surface area contributed by atoms with Gasteiger partial charge in [-0.25, -0.2) is 0 Å². The van der Waals surface area contributed by atoms with Crippen LogP contribution in [0.5, 0.6) is 0 Å². The highest BCUT2D eigenvalue weighted by molar-refractivity contribution is 6.06. The number of benzene rings is 4. The topological polar surface area (TPSA) is 12.9 Å². The average Bonchev–Trinajstić information content (AvgIpc) is 2.88. The molecule has 7 rings (SSSR count). The van der Waals surface area contributed by atoms with Gasteiger partial charge in [-0.3, -0.25) is 4.98 Å². The van der Waals surface area contributed by atoms with Crippen LogP contribution in [-0.2, 0) is 17.3 Å². The minimum Gasteiger partial charge on any atom is -0.255 e.